The zero-order valence-electron chi connectivity index (χ0n) is 10.9. The van der Waals surface area contributed by atoms with Gasteiger partial charge in [0.1, 0.15) is 11.4 Å². The molecule has 19 heavy (non-hydrogen) atoms. The summed E-state index contributed by atoms with van der Waals surface area (Å²) >= 11 is 1.27. The van der Waals surface area contributed by atoms with Crippen LogP contribution in [0, 0.1) is 11.5 Å². The summed E-state index contributed by atoms with van der Waals surface area (Å²) in [6.07, 6.45) is 3.03. The fourth-order valence-corrected chi connectivity index (χ4v) is 1.76. The second kappa shape index (κ2) is 7.63. The summed E-state index contributed by atoms with van der Waals surface area (Å²) in [6.45, 7) is 0. The molecule has 0 aliphatic heterocycles. The second-order valence-corrected chi connectivity index (χ2v) is 4.20. The van der Waals surface area contributed by atoms with Gasteiger partial charge in [-0.3, -0.25) is 5.32 Å². The Kier molecular flexibility index (Phi) is 6.15. The number of rotatable bonds is 4. The van der Waals surface area contributed by atoms with Gasteiger partial charge in [-0.25, -0.2) is 4.99 Å². The summed E-state index contributed by atoms with van der Waals surface area (Å²) in [5, 5.41) is 21.2. The number of hydrogen-bond acceptors (Lipinski definition) is 6. The molecule has 7 heteroatoms. The maximum Gasteiger partial charge on any atom is 0.183 e. The average molecular weight is 281 g/mol. The Morgan fingerprint density at radius 1 is 1.47 bits per heavy atom. The number of hydrogen-bond donors (Lipinski definition) is 2. The van der Waals surface area contributed by atoms with Gasteiger partial charge in [0.2, 0.25) is 0 Å². The molecule has 102 valence electrons. The van der Waals surface area contributed by atoms with Crippen molar-refractivity contribution in [2.45, 2.75) is 6.29 Å². The molecule has 0 aromatic heterocycles. The van der Waals surface area contributed by atoms with Crippen molar-refractivity contribution >= 4 is 22.6 Å². The molecule has 2 N–H and O–H groups in total. The van der Waals surface area contributed by atoms with E-state index in [4.69, 9.17) is 14.7 Å². The SMILES string of the molecule is COC(OC)c1ccc(O)c(N=C(NC#N)SC)c1. The molecule has 0 fully saturated rings. The molecule has 0 saturated carbocycles. The van der Waals surface area contributed by atoms with Gasteiger partial charge in [0, 0.05) is 19.8 Å². The van der Waals surface area contributed by atoms with Gasteiger partial charge in [-0.05, 0) is 18.4 Å². The lowest BCUT2D eigenvalue weighted by Gasteiger charge is -2.14. The van der Waals surface area contributed by atoms with Crippen LogP contribution in [0.5, 0.6) is 5.75 Å². The van der Waals surface area contributed by atoms with E-state index in [1.54, 1.807) is 24.6 Å². The molecule has 0 radical (unpaired) electrons. The molecule has 0 amide bonds. The van der Waals surface area contributed by atoms with Crippen LogP contribution in [-0.2, 0) is 9.47 Å². The van der Waals surface area contributed by atoms with Crippen molar-refractivity contribution in [2.24, 2.45) is 4.99 Å². The number of ether oxygens (including phenoxy) is 2. The Morgan fingerprint density at radius 2 is 2.16 bits per heavy atom. The summed E-state index contributed by atoms with van der Waals surface area (Å²) in [5.74, 6) is 0.0148. The van der Waals surface area contributed by atoms with Crippen LogP contribution < -0.4 is 5.32 Å². The third kappa shape index (κ3) is 4.13. The highest BCUT2D eigenvalue weighted by Crippen LogP contribution is 2.31. The Hall–Kier alpha value is -1.75. The van der Waals surface area contributed by atoms with Crippen molar-refractivity contribution in [3.05, 3.63) is 23.8 Å². The summed E-state index contributed by atoms with van der Waals surface area (Å²) < 4.78 is 10.3. The number of phenolic OH excluding ortho intramolecular Hbond substituents is 1. The van der Waals surface area contributed by atoms with Gasteiger partial charge in [-0.15, -0.1) is 0 Å². The number of thioether (sulfide) groups is 1. The van der Waals surface area contributed by atoms with Gasteiger partial charge >= 0.3 is 0 Å². The topological polar surface area (TPSA) is 86.9 Å². The minimum atomic E-state index is -0.531. The molecule has 0 spiro atoms. The summed E-state index contributed by atoms with van der Waals surface area (Å²) in [6, 6.07) is 4.83. The first-order chi connectivity index (χ1) is 9.15. The fraction of sp³-hybridized carbons (Fsp3) is 0.333. The van der Waals surface area contributed by atoms with E-state index in [-0.39, 0.29) is 5.75 Å². The standard InChI is InChI=1S/C12H15N3O3S/c1-17-11(18-2)8-4-5-10(16)9(6-8)15-12(19-3)14-7-13/h4-6,11,16H,1-3H3,(H,14,15). The smallest absolute Gasteiger partial charge is 0.183 e. The van der Waals surface area contributed by atoms with Crippen molar-refractivity contribution in [3.8, 4) is 11.9 Å². The molecule has 0 heterocycles. The predicted octanol–water partition coefficient (Wildman–Crippen LogP) is 2.10. The van der Waals surface area contributed by atoms with Crippen LogP contribution in [0.4, 0.5) is 5.69 Å². The van der Waals surface area contributed by atoms with Gasteiger partial charge in [0.15, 0.2) is 17.7 Å². The van der Waals surface area contributed by atoms with E-state index in [1.165, 1.54) is 32.0 Å². The normalized spacial score (nSPS) is 11.4. The van der Waals surface area contributed by atoms with Crippen LogP contribution in [0.3, 0.4) is 0 Å². The quantitative estimate of drug-likeness (QED) is 0.289. The van der Waals surface area contributed by atoms with Crippen molar-refractivity contribution in [1.82, 2.24) is 5.32 Å². The number of nitriles is 1. The Labute approximate surface area is 116 Å². The number of amidine groups is 1. The van der Waals surface area contributed by atoms with Crippen molar-refractivity contribution in [2.75, 3.05) is 20.5 Å². The number of aromatic hydroxyl groups is 1. The molecule has 1 aromatic rings. The largest absolute Gasteiger partial charge is 0.506 e. The lowest BCUT2D eigenvalue weighted by molar-refractivity contribution is -0.106. The second-order valence-electron chi connectivity index (χ2n) is 3.41. The number of phenols is 1. The molecular formula is C12H15N3O3S. The molecule has 0 unspecified atom stereocenters. The molecular weight excluding hydrogens is 266 g/mol. The highest BCUT2D eigenvalue weighted by molar-refractivity contribution is 8.13. The minimum absolute atomic E-state index is 0.0148. The van der Waals surface area contributed by atoms with E-state index in [9.17, 15) is 5.11 Å². The zero-order chi connectivity index (χ0) is 14.3. The fourth-order valence-electron chi connectivity index (χ4n) is 1.43. The lowest BCUT2D eigenvalue weighted by atomic mass is 10.2. The molecule has 0 aliphatic rings. The summed E-state index contributed by atoms with van der Waals surface area (Å²) in [4.78, 5) is 4.16. The third-order valence-electron chi connectivity index (χ3n) is 2.28. The average Bonchev–Trinajstić information content (AvgIpc) is 2.42. The number of nitrogens with zero attached hydrogens (tertiary/aromatic N) is 2. The number of methoxy groups -OCH3 is 2. The van der Waals surface area contributed by atoms with E-state index in [0.717, 1.165) is 5.56 Å². The van der Waals surface area contributed by atoms with Gasteiger partial charge in [0.25, 0.3) is 0 Å². The molecule has 1 rings (SSSR count). The van der Waals surface area contributed by atoms with Crippen molar-refractivity contribution < 1.29 is 14.6 Å². The van der Waals surface area contributed by atoms with Gasteiger partial charge in [0.05, 0.1) is 0 Å². The molecule has 1 aromatic carbocycles. The van der Waals surface area contributed by atoms with Crippen LogP contribution in [0.15, 0.2) is 23.2 Å². The molecule has 6 nitrogen and oxygen atoms in total. The Bertz CT molecular complexity index is 495. The van der Waals surface area contributed by atoms with E-state index in [1.807, 2.05) is 0 Å². The van der Waals surface area contributed by atoms with Gasteiger partial charge in [-0.1, -0.05) is 17.8 Å². The molecule has 0 saturated heterocycles. The van der Waals surface area contributed by atoms with Crippen molar-refractivity contribution in [1.29, 1.82) is 5.26 Å². The summed E-state index contributed by atoms with van der Waals surface area (Å²) in [7, 11) is 3.04. The first-order valence-electron chi connectivity index (χ1n) is 5.32. The maximum absolute atomic E-state index is 9.77. The number of aliphatic imine (C=N–C) groups is 1. The van der Waals surface area contributed by atoms with Crippen LogP contribution >= 0.6 is 11.8 Å². The predicted molar refractivity (Wildman–Crippen MR) is 74.2 cm³/mol. The lowest BCUT2D eigenvalue weighted by Crippen LogP contribution is -2.12. The highest BCUT2D eigenvalue weighted by Gasteiger charge is 2.12. The molecule has 0 bridgehead atoms. The van der Waals surface area contributed by atoms with Crippen LogP contribution in [0.1, 0.15) is 11.9 Å². The van der Waals surface area contributed by atoms with Crippen LogP contribution in [-0.4, -0.2) is 30.7 Å². The number of benzene rings is 1. The van der Waals surface area contributed by atoms with E-state index < -0.39 is 6.29 Å². The summed E-state index contributed by atoms with van der Waals surface area (Å²) in [5.41, 5.74) is 1.06. The van der Waals surface area contributed by atoms with Crippen LogP contribution in [0.25, 0.3) is 0 Å². The zero-order valence-corrected chi connectivity index (χ0v) is 11.7. The van der Waals surface area contributed by atoms with E-state index in [2.05, 4.69) is 10.3 Å². The third-order valence-corrected chi connectivity index (χ3v) is 2.86. The first-order valence-corrected chi connectivity index (χ1v) is 6.55. The van der Waals surface area contributed by atoms with E-state index in [0.29, 0.717) is 10.9 Å². The van der Waals surface area contributed by atoms with Gasteiger partial charge < -0.3 is 14.6 Å². The maximum atomic E-state index is 9.77. The minimum Gasteiger partial charge on any atom is -0.506 e. The molecule has 0 atom stereocenters. The first kappa shape index (κ1) is 15.3. The van der Waals surface area contributed by atoms with Crippen LogP contribution in [0.2, 0.25) is 0 Å². The van der Waals surface area contributed by atoms with E-state index >= 15 is 0 Å². The van der Waals surface area contributed by atoms with Gasteiger partial charge in [-0.2, -0.15) is 5.26 Å². The number of nitrogens with one attached hydrogen (secondary N) is 1. The van der Waals surface area contributed by atoms with Crippen molar-refractivity contribution in [3.63, 3.8) is 0 Å². The Balaban J connectivity index is 3.13. The Morgan fingerprint density at radius 3 is 2.68 bits per heavy atom. The highest BCUT2D eigenvalue weighted by atomic mass is 32.2. The molecule has 0 aliphatic carbocycles. The monoisotopic (exact) mass is 281 g/mol.